The maximum atomic E-state index is 12.8. The first-order valence-electron chi connectivity index (χ1n) is 11.5. The molecule has 1 aliphatic heterocycles. The number of carbonyl (C=O) groups is 2. The van der Waals surface area contributed by atoms with Crippen molar-refractivity contribution >= 4 is 22.9 Å². The van der Waals surface area contributed by atoms with Gasteiger partial charge in [0.2, 0.25) is 11.8 Å². The standard InChI is InChI=1S/C24H27F3N2O4S/c1-2-19-18(28-22(33-19)15-7-9-16(10-8-15)24(25,26)27)13-32-17-5-3-4-14(12-17)6-11-20-21(30)29-23(31)34-20/h7-10,14,17,20H,2-6,11-13H2,1H3,(H,29,30,31)/t14?,17-,20?/m0/s1. The molecule has 1 aromatic heterocycles. The number of oxazole rings is 1. The van der Waals surface area contributed by atoms with Crippen molar-refractivity contribution in [1.29, 1.82) is 0 Å². The normalized spacial score (nSPS) is 23.4. The molecule has 0 bridgehead atoms. The van der Waals surface area contributed by atoms with Crippen LogP contribution < -0.4 is 5.32 Å². The van der Waals surface area contributed by atoms with E-state index in [-0.39, 0.29) is 35.0 Å². The molecule has 10 heteroatoms. The lowest BCUT2D eigenvalue weighted by Crippen LogP contribution is -2.26. The van der Waals surface area contributed by atoms with Crippen LogP contribution in [0.3, 0.4) is 0 Å². The van der Waals surface area contributed by atoms with Gasteiger partial charge in [0.05, 0.1) is 23.5 Å². The molecular formula is C24H27F3N2O4S. The van der Waals surface area contributed by atoms with Crippen molar-refractivity contribution in [3.63, 3.8) is 0 Å². The molecule has 1 aromatic carbocycles. The number of rotatable bonds is 8. The van der Waals surface area contributed by atoms with E-state index in [0.29, 0.717) is 35.8 Å². The Balaban J connectivity index is 1.32. The van der Waals surface area contributed by atoms with E-state index in [2.05, 4.69) is 10.3 Å². The lowest BCUT2D eigenvalue weighted by molar-refractivity contribution is -0.137. The van der Waals surface area contributed by atoms with Crippen molar-refractivity contribution in [3.05, 3.63) is 41.3 Å². The number of thioether (sulfide) groups is 1. The van der Waals surface area contributed by atoms with Crippen molar-refractivity contribution in [2.45, 2.75) is 76.0 Å². The van der Waals surface area contributed by atoms with E-state index in [4.69, 9.17) is 9.15 Å². The minimum atomic E-state index is -4.39. The Kier molecular flexibility index (Phi) is 7.67. The summed E-state index contributed by atoms with van der Waals surface area (Å²) in [5.41, 5.74) is 0.434. The van der Waals surface area contributed by atoms with Crippen molar-refractivity contribution in [2.24, 2.45) is 5.92 Å². The van der Waals surface area contributed by atoms with Crippen LogP contribution in [0.25, 0.3) is 11.5 Å². The van der Waals surface area contributed by atoms with Crippen LogP contribution in [0.4, 0.5) is 18.0 Å². The fourth-order valence-corrected chi connectivity index (χ4v) is 5.36. The van der Waals surface area contributed by atoms with E-state index in [1.165, 1.54) is 12.1 Å². The average molecular weight is 497 g/mol. The maximum Gasteiger partial charge on any atom is 0.416 e. The van der Waals surface area contributed by atoms with Gasteiger partial charge in [0.25, 0.3) is 5.24 Å². The highest BCUT2D eigenvalue weighted by atomic mass is 32.2. The van der Waals surface area contributed by atoms with Crippen molar-refractivity contribution < 1.29 is 31.9 Å². The Bertz CT molecular complexity index is 1020. The highest BCUT2D eigenvalue weighted by Gasteiger charge is 2.33. The number of aromatic nitrogens is 1. The summed E-state index contributed by atoms with van der Waals surface area (Å²) in [6, 6.07) is 4.77. The van der Waals surface area contributed by atoms with E-state index >= 15 is 0 Å². The number of benzene rings is 1. The molecule has 2 aromatic rings. The van der Waals surface area contributed by atoms with Crippen LogP contribution in [0.15, 0.2) is 28.7 Å². The number of carbonyl (C=O) groups excluding carboxylic acids is 2. The smallest absolute Gasteiger partial charge is 0.416 e. The van der Waals surface area contributed by atoms with E-state index in [1.54, 1.807) is 0 Å². The summed E-state index contributed by atoms with van der Waals surface area (Å²) in [7, 11) is 0. The first kappa shape index (κ1) is 24.8. The van der Waals surface area contributed by atoms with Crippen LogP contribution in [0.1, 0.15) is 62.5 Å². The van der Waals surface area contributed by atoms with Crippen molar-refractivity contribution in [2.75, 3.05) is 0 Å². The van der Waals surface area contributed by atoms with Gasteiger partial charge in [-0.05, 0) is 55.9 Å². The maximum absolute atomic E-state index is 12.8. The van der Waals surface area contributed by atoms with Crippen LogP contribution in [0.2, 0.25) is 0 Å². The molecule has 3 atom stereocenters. The van der Waals surface area contributed by atoms with Crippen LogP contribution in [-0.4, -0.2) is 27.5 Å². The third-order valence-corrected chi connectivity index (χ3v) is 7.40. The predicted octanol–water partition coefficient (Wildman–Crippen LogP) is 6.13. The fraction of sp³-hybridized carbons (Fsp3) is 0.542. The number of aryl methyl sites for hydroxylation is 1. The molecule has 2 aliphatic rings. The van der Waals surface area contributed by atoms with Crippen LogP contribution >= 0.6 is 11.8 Å². The minimum Gasteiger partial charge on any atom is -0.441 e. The Hall–Kier alpha value is -2.33. The number of alkyl halides is 3. The van der Waals surface area contributed by atoms with Gasteiger partial charge in [-0.1, -0.05) is 31.5 Å². The third-order valence-electron chi connectivity index (χ3n) is 6.35. The molecule has 34 heavy (non-hydrogen) atoms. The number of nitrogens with one attached hydrogen (secondary N) is 1. The summed E-state index contributed by atoms with van der Waals surface area (Å²) in [4.78, 5) is 27.6. The van der Waals surface area contributed by atoms with Crippen molar-refractivity contribution in [3.8, 4) is 11.5 Å². The lowest BCUT2D eigenvalue weighted by atomic mass is 9.84. The zero-order valence-electron chi connectivity index (χ0n) is 18.8. The minimum absolute atomic E-state index is 0.0707. The number of ether oxygens (including phenoxy) is 1. The molecule has 1 saturated heterocycles. The molecule has 2 heterocycles. The van der Waals surface area contributed by atoms with Gasteiger partial charge in [-0.25, -0.2) is 4.98 Å². The van der Waals surface area contributed by atoms with Gasteiger partial charge in [0, 0.05) is 12.0 Å². The Morgan fingerprint density at radius 3 is 2.59 bits per heavy atom. The summed E-state index contributed by atoms with van der Waals surface area (Å²) in [5.74, 6) is 1.19. The Labute approximate surface area is 200 Å². The van der Waals surface area contributed by atoms with Crippen LogP contribution in [0.5, 0.6) is 0 Å². The Morgan fingerprint density at radius 2 is 1.94 bits per heavy atom. The van der Waals surface area contributed by atoms with Gasteiger partial charge >= 0.3 is 6.18 Å². The molecule has 1 saturated carbocycles. The molecule has 2 amide bonds. The topological polar surface area (TPSA) is 81.4 Å². The number of imide groups is 1. The summed E-state index contributed by atoms with van der Waals surface area (Å²) in [5, 5.41) is 1.77. The van der Waals surface area contributed by atoms with Gasteiger partial charge in [0.15, 0.2) is 0 Å². The third kappa shape index (κ3) is 6.02. The lowest BCUT2D eigenvalue weighted by Gasteiger charge is -2.29. The quantitative estimate of drug-likeness (QED) is 0.474. The average Bonchev–Trinajstić information content (AvgIpc) is 3.37. The monoisotopic (exact) mass is 496 g/mol. The molecule has 2 fully saturated rings. The fourth-order valence-electron chi connectivity index (χ4n) is 4.52. The van der Waals surface area contributed by atoms with E-state index in [0.717, 1.165) is 56.0 Å². The molecule has 6 nitrogen and oxygen atoms in total. The number of nitrogens with zero attached hydrogens (tertiary/aromatic N) is 1. The number of amides is 2. The summed E-state index contributed by atoms with van der Waals surface area (Å²) in [6.45, 7) is 2.21. The molecule has 1 aliphatic carbocycles. The summed E-state index contributed by atoms with van der Waals surface area (Å²) >= 11 is 1.07. The first-order valence-corrected chi connectivity index (χ1v) is 12.4. The second-order valence-corrected chi connectivity index (χ2v) is 9.92. The van der Waals surface area contributed by atoms with Gasteiger partial charge in [-0.3, -0.25) is 14.9 Å². The van der Waals surface area contributed by atoms with Gasteiger partial charge < -0.3 is 9.15 Å². The number of halogens is 3. The van der Waals surface area contributed by atoms with Crippen LogP contribution in [-0.2, 0) is 28.7 Å². The molecule has 2 unspecified atom stereocenters. The highest BCUT2D eigenvalue weighted by Crippen LogP contribution is 2.34. The van der Waals surface area contributed by atoms with E-state index in [1.807, 2.05) is 6.92 Å². The first-order chi connectivity index (χ1) is 16.2. The Morgan fingerprint density at radius 1 is 1.18 bits per heavy atom. The van der Waals surface area contributed by atoms with Crippen LogP contribution in [0, 0.1) is 5.92 Å². The zero-order chi connectivity index (χ0) is 24.3. The van der Waals surface area contributed by atoms with E-state index < -0.39 is 11.7 Å². The molecular weight excluding hydrogens is 469 g/mol. The summed E-state index contributed by atoms with van der Waals surface area (Å²) in [6.07, 6.45) is 1.78. The number of hydrogen-bond donors (Lipinski definition) is 1. The SMILES string of the molecule is CCc1oc(-c2ccc(C(F)(F)F)cc2)nc1CO[C@H]1CCCC(CCC2SC(=O)NC2=O)C1. The molecule has 4 rings (SSSR count). The highest BCUT2D eigenvalue weighted by molar-refractivity contribution is 8.15. The van der Waals surface area contributed by atoms with Crippen molar-refractivity contribution in [1.82, 2.24) is 10.3 Å². The molecule has 1 N–H and O–H groups in total. The molecule has 0 spiro atoms. The molecule has 0 radical (unpaired) electrons. The second kappa shape index (κ2) is 10.5. The zero-order valence-corrected chi connectivity index (χ0v) is 19.6. The number of hydrogen-bond acceptors (Lipinski definition) is 6. The van der Waals surface area contributed by atoms with Gasteiger partial charge in [-0.2, -0.15) is 13.2 Å². The predicted molar refractivity (Wildman–Crippen MR) is 121 cm³/mol. The second-order valence-electron chi connectivity index (χ2n) is 8.74. The molecule has 184 valence electrons. The van der Waals surface area contributed by atoms with E-state index in [9.17, 15) is 22.8 Å². The van der Waals surface area contributed by atoms with Gasteiger partial charge in [0.1, 0.15) is 11.5 Å². The summed E-state index contributed by atoms with van der Waals surface area (Å²) < 4.78 is 50.4. The van der Waals surface area contributed by atoms with Gasteiger partial charge in [-0.15, -0.1) is 0 Å². The largest absolute Gasteiger partial charge is 0.441 e.